The van der Waals surface area contributed by atoms with Gasteiger partial charge in [-0.1, -0.05) is 6.07 Å². The number of H-pyrrole nitrogens is 1. The number of hydrogen-bond donors (Lipinski definition) is 2. The van der Waals surface area contributed by atoms with E-state index in [-0.39, 0.29) is 17.2 Å². The molecule has 0 aliphatic rings. The van der Waals surface area contributed by atoms with Crippen molar-refractivity contribution in [2.75, 3.05) is 24.3 Å². The van der Waals surface area contributed by atoms with Gasteiger partial charge in [0.2, 0.25) is 5.56 Å². The van der Waals surface area contributed by atoms with Gasteiger partial charge in [0.05, 0.1) is 11.9 Å². The van der Waals surface area contributed by atoms with E-state index in [0.717, 1.165) is 5.82 Å². The van der Waals surface area contributed by atoms with E-state index in [1.54, 1.807) is 24.4 Å². The number of hydrogen-bond acceptors (Lipinski definition) is 4. The minimum Gasteiger partial charge on any atom is -0.363 e. The van der Waals surface area contributed by atoms with Crippen LogP contribution in [0.5, 0.6) is 0 Å². The highest BCUT2D eigenvalue weighted by Crippen LogP contribution is 2.12. The van der Waals surface area contributed by atoms with E-state index < -0.39 is 0 Å². The fraction of sp³-hybridized carbons (Fsp3) is 0.154. The second-order valence-electron chi connectivity index (χ2n) is 4.18. The molecule has 6 heteroatoms. The number of nitrogens with one attached hydrogen (secondary N) is 2. The molecule has 2 aromatic heterocycles. The summed E-state index contributed by atoms with van der Waals surface area (Å²) in [6.07, 6.45) is 1.56. The molecular formula is C13H14N4O2. The van der Waals surface area contributed by atoms with Crippen molar-refractivity contribution in [2.45, 2.75) is 0 Å². The molecule has 0 saturated carbocycles. The first kappa shape index (κ1) is 12.8. The lowest BCUT2D eigenvalue weighted by atomic mass is 10.3. The molecule has 6 nitrogen and oxygen atoms in total. The van der Waals surface area contributed by atoms with Gasteiger partial charge in [0, 0.05) is 20.2 Å². The average molecular weight is 258 g/mol. The van der Waals surface area contributed by atoms with Crippen LogP contribution in [-0.2, 0) is 0 Å². The van der Waals surface area contributed by atoms with Crippen LogP contribution >= 0.6 is 0 Å². The monoisotopic (exact) mass is 258 g/mol. The molecule has 0 saturated heterocycles. The van der Waals surface area contributed by atoms with Crippen molar-refractivity contribution >= 4 is 17.4 Å². The fourth-order valence-electron chi connectivity index (χ4n) is 1.50. The van der Waals surface area contributed by atoms with Crippen LogP contribution in [0.15, 0.2) is 41.3 Å². The maximum absolute atomic E-state index is 11.9. The van der Waals surface area contributed by atoms with Crippen LogP contribution in [0.25, 0.3) is 0 Å². The Morgan fingerprint density at radius 1 is 1.26 bits per heavy atom. The molecule has 2 aromatic rings. The fourth-order valence-corrected chi connectivity index (χ4v) is 1.50. The Kier molecular flexibility index (Phi) is 3.61. The lowest BCUT2D eigenvalue weighted by molar-refractivity contribution is 0.102. The Balaban J connectivity index is 2.13. The minimum atomic E-state index is -0.378. The van der Waals surface area contributed by atoms with Gasteiger partial charge in [-0.3, -0.25) is 9.59 Å². The summed E-state index contributed by atoms with van der Waals surface area (Å²) < 4.78 is 0. The predicted octanol–water partition coefficient (Wildman–Crippen LogP) is 1.09. The zero-order chi connectivity index (χ0) is 13.8. The van der Waals surface area contributed by atoms with Crippen LogP contribution in [0.3, 0.4) is 0 Å². The summed E-state index contributed by atoms with van der Waals surface area (Å²) in [7, 11) is 3.77. The van der Waals surface area contributed by atoms with E-state index in [2.05, 4.69) is 15.3 Å². The number of aromatic nitrogens is 2. The molecule has 2 N–H and O–H groups in total. The van der Waals surface area contributed by atoms with Gasteiger partial charge >= 0.3 is 0 Å². The first-order chi connectivity index (χ1) is 9.06. The van der Waals surface area contributed by atoms with Crippen LogP contribution in [0.2, 0.25) is 0 Å². The summed E-state index contributed by atoms with van der Waals surface area (Å²) in [5, 5.41) is 2.66. The van der Waals surface area contributed by atoms with Crippen molar-refractivity contribution in [1.29, 1.82) is 0 Å². The van der Waals surface area contributed by atoms with Crippen molar-refractivity contribution in [1.82, 2.24) is 9.97 Å². The van der Waals surface area contributed by atoms with E-state index in [0.29, 0.717) is 5.69 Å². The topological polar surface area (TPSA) is 78.1 Å². The lowest BCUT2D eigenvalue weighted by Crippen LogP contribution is -2.18. The third-order valence-electron chi connectivity index (χ3n) is 2.48. The quantitative estimate of drug-likeness (QED) is 0.863. The molecule has 0 aromatic carbocycles. The number of carbonyl (C=O) groups is 1. The zero-order valence-corrected chi connectivity index (χ0v) is 10.7. The smallest absolute Gasteiger partial charge is 0.272 e. The minimum absolute atomic E-state index is 0.212. The molecule has 0 atom stereocenters. The Morgan fingerprint density at radius 2 is 2.05 bits per heavy atom. The van der Waals surface area contributed by atoms with Gasteiger partial charge in [-0.15, -0.1) is 0 Å². The normalized spacial score (nSPS) is 10.0. The highest BCUT2D eigenvalue weighted by Gasteiger charge is 2.07. The highest BCUT2D eigenvalue weighted by molar-refractivity contribution is 6.02. The third kappa shape index (κ3) is 3.19. The van der Waals surface area contributed by atoms with Crippen LogP contribution < -0.4 is 15.8 Å². The molecule has 0 bridgehead atoms. The summed E-state index contributed by atoms with van der Waals surface area (Å²) >= 11 is 0. The Morgan fingerprint density at radius 3 is 2.63 bits per heavy atom. The number of carbonyl (C=O) groups excluding carboxylic acids is 1. The molecule has 2 rings (SSSR count). The van der Waals surface area contributed by atoms with Crippen LogP contribution in [0.4, 0.5) is 11.5 Å². The average Bonchev–Trinajstić information content (AvgIpc) is 2.39. The van der Waals surface area contributed by atoms with Gasteiger partial charge in [0.25, 0.3) is 5.91 Å². The number of pyridine rings is 2. The van der Waals surface area contributed by atoms with E-state index in [9.17, 15) is 9.59 Å². The van der Waals surface area contributed by atoms with Gasteiger partial charge in [-0.25, -0.2) is 4.98 Å². The van der Waals surface area contributed by atoms with Crippen molar-refractivity contribution in [3.8, 4) is 0 Å². The maximum Gasteiger partial charge on any atom is 0.272 e. The van der Waals surface area contributed by atoms with Gasteiger partial charge in [0.1, 0.15) is 11.5 Å². The van der Waals surface area contributed by atoms with Crippen LogP contribution in [0, 0.1) is 0 Å². The summed E-state index contributed by atoms with van der Waals surface area (Å²) in [6, 6.07) is 7.97. The third-order valence-corrected chi connectivity index (χ3v) is 2.48. The molecular weight excluding hydrogens is 244 g/mol. The number of rotatable bonds is 3. The molecule has 0 fully saturated rings. The van der Waals surface area contributed by atoms with Gasteiger partial charge in [-0.2, -0.15) is 0 Å². The van der Waals surface area contributed by atoms with E-state index in [4.69, 9.17) is 0 Å². The van der Waals surface area contributed by atoms with Crippen LogP contribution in [-0.4, -0.2) is 30.0 Å². The Bertz CT molecular complexity index is 632. The predicted molar refractivity (Wildman–Crippen MR) is 73.6 cm³/mol. The van der Waals surface area contributed by atoms with Gasteiger partial charge in [-0.05, 0) is 18.2 Å². The highest BCUT2D eigenvalue weighted by atomic mass is 16.2. The summed E-state index contributed by atoms with van der Waals surface area (Å²) in [5.41, 5.74) is 0.471. The molecule has 0 aliphatic carbocycles. The zero-order valence-electron chi connectivity index (χ0n) is 10.7. The molecule has 0 radical (unpaired) electrons. The van der Waals surface area contributed by atoms with E-state index in [1.165, 1.54) is 12.1 Å². The van der Waals surface area contributed by atoms with Gasteiger partial charge in [0.15, 0.2) is 0 Å². The number of anilines is 2. The second-order valence-corrected chi connectivity index (χ2v) is 4.18. The first-order valence-electron chi connectivity index (χ1n) is 5.70. The molecule has 19 heavy (non-hydrogen) atoms. The van der Waals surface area contributed by atoms with Crippen molar-refractivity contribution in [3.63, 3.8) is 0 Å². The second kappa shape index (κ2) is 5.34. The lowest BCUT2D eigenvalue weighted by Gasteiger charge is -2.11. The summed E-state index contributed by atoms with van der Waals surface area (Å²) in [5.74, 6) is 0.420. The molecule has 2 heterocycles. The maximum atomic E-state index is 11.9. The van der Waals surface area contributed by atoms with Crippen molar-refractivity contribution in [3.05, 3.63) is 52.6 Å². The Labute approximate surface area is 110 Å². The number of nitrogens with zero attached hydrogens (tertiary/aromatic N) is 2. The molecule has 1 amide bonds. The van der Waals surface area contributed by atoms with Crippen molar-refractivity contribution in [2.24, 2.45) is 0 Å². The standard InChI is InChI=1S/C13H14N4O2/c1-17(2)11-7-6-9(8-14-11)15-13(19)10-4-3-5-12(18)16-10/h3-8H,1-2H3,(H,15,19)(H,16,18). The molecule has 98 valence electrons. The van der Waals surface area contributed by atoms with E-state index >= 15 is 0 Å². The van der Waals surface area contributed by atoms with Crippen molar-refractivity contribution < 1.29 is 4.79 Å². The van der Waals surface area contributed by atoms with Gasteiger partial charge < -0.3 is 15.2 Å². The van der Waals surface area contributed by atoms with Crippen LogP contribution in [0.1, 0.15) is 10.5 Å². The van der Waals surface area contributed by atoms with E-state index in [1.807, 2.05) is 19.0 Å². The largest absolute Gasteiger partial charge is 0.363 e. The SMILES string of the molecule is CN(C)c1ccc(NC(=O)c2cccc(=O)[nH]2)cn1. The number of aromatic amines is 1. The molecule has 0 unspecified atom stereocenters. The summed E-state index contributed by atoms with van der Waals surface area (Å²) in [4.78, 5) is 31.5. The first-order valence-corrected chi connectivity index (χ1v) is 5.70. The number of amides is 1. The molecule has 0 aliphatic heterocycles. The Hall–Kier alpha value is -2.63. The summed E-state index contributed by atoms with van der Waals surface area (Å²) in [6.45, 7) is 0. The molecule has 0 spiro atoms.